The molecule has 0 aliphatic carbocycles. The van der Waals surface area contributed by atoms with Crippen molar-refractivity contribution in [3.8, 4) is 11.4 Å². The highest BCUT2D eigenvalue weighted by molar-refractivity contribution is 7.13. The third kappa shape index (κ3) is 3.51. The van der Waals surface area contributed by atoms with Crippen LogP contribution in [0, 0.1) is 5.41 Å². The van der Waals surface area contributed by atoms with Crippen molar-refractivity contribution in [2.45, 2.75) is 6.42 Å². The van der Waals surface area contributed by atoms with Gasteiger partial charge in [-0.25, -0.2) is 4.98 Å². The fourth-order valence-electron chi connectivity index (χ4n) is 1.50. The Kier molecular flexibility index (Phi) is 4.26. The second kappa shape index (κ2) is 6.11. The number of aliphatic imine (C=N–C) groups is 1. The van der Waals surface area contributed by atoms with Gasteiger partial charge in [0, 0.05) is 5.38 Å². The summed E-state index contributed by atoms with van der Waals surface area (Å²) in [7, 11) is 1.47. The highest BCUT2D eigenvalue weighted by atomic mass is 32.1. The summed E-state index contributed by atoms with van der Waals surface area (Å²) in [5.41, 5.74) is 12.8. The lowest BCUT2D eigenvalue weighted by atomic mass is 10.2. The van der Waals surface area contributed by atoms with Gasteiger partial charge in [0.25, 0.3) is 0 Å². The van der Waals surface area contributed by atoms with E-state index in [1.807, 2.05) is 23.6 Å². The van der Waals surface area contributed by atoms with Crippen LogP contribution in [0.25, 0.3) is 11.4 Å². The summed E-state index contributed by atoms with van der Waals surface area (Å²) in [5.74, 6) is 0.135. The second-order valence-electron chi connectivity index (χ2n) is 3.87. The highest BCUT2D eigenvalue weighted by Gasteiger charge is 2.07. The van der Waals surface area contributed by atoms with Crippen LogP contribution in [0.2, 0.25) is 0 Å². The normalized spacial score (nSPS) is 10.1. The van der Waals surface area contributed by atoms with Gasteiger partial charge in [-0.05, 0) is 12.1 Å². The monoisotopic (exact) mass is 290 g/mol. The van der Waals surface area contributed by atoms with E-state index < -0.39 is 0 Å². The number of hydrogen-bond acceptors (Lipinski definition) is 6. The molecule has 2 aromatic rings. The number of guanidine groups is 1. The Bertz CT molecular complexity index is 647. The smallest absolute Gasteiger partial charge is 0.212 e. The van der Waals surface area contributed by atoms with Crippen LogP contribution in [0.3, 0.4) is 0 Å². The van der Waals surface area contributed by atoms with Crippen LogP contribution in [0.4, 0.5) is 5.13 Å². The van der Waals surface area contributed by atoms with Gasteiger partial charge in [0.1, 0.15) is 5.69 Å². The van der Waals surface area contributed by atoms with Gasteiger partial charge in [0.15, 0.2) is 11.9 Å². The van der Waals surface area contributed by atoms with Crippen LogP contribution in [0.5, 0.6) is 0 Å². The first kappa shape index (κ1) is 13.9. The lowest BCUT2D eigenvalue weighted by Crippen LogP contribution is -2.21. The van der Waals surface area contributed by atoms with Gasteiger partial charge in [-0.1, -0.05) is 6.07 Å². The third-order valence-electron chi connectivity index (χ3n) is 2.37. The summed E-state index contributed by atoms with van der Waals surface area (Å²) >= 11 is 1.33. The van der Waals surface area contributed by atoms with Crippen molar-refractivity contribution in [3.05, 3.63) is 29.3 Å². The number of thiazole rings is 1. The fraction of sp³-hybridized carbons (Fsp3) is 0.167. The molecule has 0 saturated carbocycles. The van der Waals surface area contributed by atoms with Gasteiger partial charge in [-0.3, -0.25) is 10.4 Å². The van der Waals surface area contributed by atoms with Crippen molar-refractivity contribution in [2.75, 3.05) is 7.11 Å². The number of nitrogens with two attached hydrogens (primary N) is 2. The highest BCUT2D eigenvalue weighted by Crippen LogP contribution is 2.25. The maximum Gasteiger partial charge on any atom is 0.212 e. The Balaban J connectivity index is 2.24. The van der Waals surface area contributed by atoms with Crippen LogP contribution >= 0.6 is 11.3 Å². The van der Waals surface area contributed by atoms with E-state index in [0.29, 0.717) is 22.9 Å². The number of pyridine rings is 1. The lowest BCUT2D eigenvalue weighted by Gasteiger charge is -2.03. The quantitative estimate of drug-likeness (QED) is 0.578. The summed E-state index contributed by atoms with van der Waals surface area (Å²) in [6.45, 7) is 0. The van der Waals surface area contributed by atoms with Crippen LogP contribution in [0.15, 0.2) is 28.6 Å². The van der Waals surface area contributed by atoms with Gasteiger partial charge in [-0.2, -0.15) is 4.99 Å². The van der Waals surface area contributed by atoms with E-state index in [9.17, 15) is 0 Å². The number of nitrogens with one attached hydrogen (secondary N) is 1. The molecule has 0 fully saturated rings. The molecule has 7 nitrogen and oxygen atoms in total. The maximum atomic E-state index is 7.51. The van der Waals surface area contributed by atoms with Gasteiger partial charge in [0.05, 0.1) is 24.9 Å². The van der Waals surface area contributed by atoms with Gasteiger partial charge in [0.2, 0.25) is 5.13 Å². The first-order valence-electron chi connectivity index (χ1n) is 5.71. The standard InChI is InChI=1S/C12H14N6OS/c1-19-10(13)5-7-3-2-4-8(16-7)9-6-20-12(17-9)18-11(14)15/h2-4,6,13H,5H2,1H3,(H4,14,15,17,18). The molecule has 0 bridgehead atoms. The molecule has 0 aliphatic rings. The first-order valence-corrected chi connectivity index (χ1v) is 6.59. The minimum absolute atomic E-state index is 0.0267. The van der Waals surface area contributed by atoms with Crippen molar-refractivity contribution in [2.24, 2.45) is 16.5 Å². The summed E-state index contributed by atoms with van der Waals surface area (Å²) in [6, 6.07) is 5.54. The fourth-order valence-corrected chi connectivity index (χ4v) is 2.20. The van der Waals surface area contributed by atoms with Gasteiger partial charge >= 0.3 is 0 Å². The Morgan fingerprint density at radius 1 is 1.35 bits per heavy atom. The number of methoxy groups -OCH3 is 1. The molecule has 8 heteroatoms. The van der Waals surface area contributed by atoms with Crippen molar-refractivity contribution >= 4 is 28.3 Å². The van der Waals surface area contributed by atoms with E-state index in [1.54, 1.807) is 0 Å². The lowest BCUT2D eigenvalue weighted by molar-refractivity contribution is 0.389. The summed E-state index contributed by atoms with van der Waals surface area (Å²) in [6.07, 6.45) is 0.342. The molecule has 0 radical (unpaired) electrons. The molecule has 0 saturated heterocycles. The minimum Gasteiger partial charge on any atom is -0.484 e. The largest absolute Gasteiger partial charge is 0.484 e. The Labute approximate surface area is 119 Å². The number of ether oxygens (including phenoxy) is 1. The number of nitrogens with zero attached hydrogens (tertiary/aromatic N) is 3. The second-order valence-corrected chi connectivity index (χ2v) is 4.71. The molecule has 2 aromatic heterocycles. The van der Waals surface area contributed by atoms with E-state index in [-0.39, 0.29) is 11.9 Å². The van der Waals surface area contributed by atoms with E-state index in [2.05, 4.69) is 15.0 Å². The predicted octanol–water partition coefficient (Wildman–Crippen LogP) is 1.28. The molecule has 0 atom stereocenters. The Morgan fingerprint density at radius 2 is 2.15 bits per heavy atom. The van der Waals surface area contributed by atoms with E-state index in [1.165, 1.54) is 18.4 Å². The topological polar surface area (TPSA) is 123 Å². The average molecular weight is 290 g/mol. The maximum absolute atomic E-state index is 7.51. The molecular formula is C12H14N6OS. The van der Waals surface area contributed by atoms with E-state index in [4.69, 9.17) is 21.6 Å². The van der Waals surface area contributed by atoms with Crippen molar-refractivity contribution in [1.29, 1.82) is 5.41 Å². The van der Waals surface area contributed by atoms with Crippen molar-refractivity contribution < 1.29 is 4.74 Å². The zero-order valence-electron chi connectivity index (χ0n) is 10.8. The van der Waals surface area contributed by atoms with Crippen LogP contribution in [-0.4, -0.2) is 28.9 Å². The molecular weight excluding hydrogens is 276 g/mol. The minimum atomic E-state index is -0.0267. The van der Waals surface area contributed by atoms with Crippen LogP contribution in [0.1, 0.15) is 5.69 Å². The van der Waals surface area contributed by atoms with E-state index in [0.717, 1.165) is 5.69 Å². The zero-order valence-corrected chi connectivity index (χ0v) is 11.6. The molecule has 20 heavy (non-hydrogen) atoms. The summed E-state index contributed by atoms with van der Waals surface area (Å²) in [5, 5.41) is 9.82. The molecule has 5 N–H and O–H groups in total. The van der Waals surface area contributed by atoms with Crippen LogP contribution in [-0.2, 0) is 11.2 Å². The number of aromatic nitrogens is 2. The SMILES string of the molecule is COC(=N)Cc1cccc(-c2csc(N=C(N)N)n2)n1. The van der Waals surface area contributed by atoms with Gasteiger partial charge in [-0.15, -0.1) is 11.3 Å². The van der Waals surface area contributed by atoms with Gasteiger partial charge < -0.3 is 16.2 Å². The molecule has 0 unspecified atom stereocenters. The predicted molar refractivity (Wildman–Crippen MR) is 79.3 cm³/mol. The Morgan fingerprint density at radius 3 is 2.85 bits per heavy atom. The average Bonchev–Trinajstić information content (AvgIpc) is 2.86. The first-order chi connectivity index (χ1) is 9.58. The third-order valence-corrected chi connectivity index (χ3v) is 3.11. The number of hydrogen-bond donors (Lipinski definition) is 3. The molecule has 2 rings (SSSR count). The molecule has 0 aliphatic heterocycles. The van der Waals surface area contributed by atoms with Crippen LogP contribution < -0.4 is 11.5 Å². The van der Waals surface area contributed by atoms with Crippen molar-refractivity contribution in [1.82, 2.24) is 9.97 Å². The molecule has 104 valence electrons. The Hall–Kier alpha value is -2.48. The van der Waals surface area contributed by atoms with Crippen molar-refractivity contribution in [3.63, 3.8) is 0 Å². The number of rotatable bonds is 4. The zero-order chi connectivity index (χ0) is 14.5. The summed E-state index contributed by atoms with van der Waals surface area (Å²) < 4.78 is 4.83. The molecule has 0 amide bonds. The van der Waals surface area contributed by atoms with E-state index >= 15 is 0 Å². The molecule has 0 aromatic carbocycles. The molecule has 0 spiro atoms. The summed E-state index contributed by atoms with van der Waals surface area (Å²) in [4.78, 5) is 12.6. The molecule has 2 heterocycles.